The molecule has 1 aliphatic heterocycles. The predicted molar refractivity (Wildman–Crippen MR) is 66.0 cm³/mol. The summed E-state index contributed by atoms with van der Waals surface area (Å²) in [6.07, 6.45) is -0.226. The lowest BCUT2D eigenvalue weighted by molar-refractivity contribution is -0.00712. The molecule has 1 fully saturated rings. The van der Waals surface area contributed by atoms with Crippen molar-refractivity contribution < 1.29 is 9.52 Å². The second kappa shape index (κ2) is 4.68. The van der Waals surface area contributed by atoms with Crippen LogP contribution in [-0.4, -0.2) is 39.4 Å². The van der Waals surface area contributed by atoms with Gasteiger partial charge in [0, 0.05) is 13.1 Å². The number of nitrogens with zero attached hydrogens (tertiary/aromatic N) is 3. The van der Waals surface area contributed by atoms with Crippen LogP contribution >= 0.6 is 11.6 Å². The van der Waals surface area contributed by atoms with Gasteiger partial charge in [-0.15, -0.1) is 10.2 Å². The fourth-order valence-electron chi connectivity index (χ4n) is 1.92. The van der Waals surface area contributed by atoms with Gasteiger partial charge in [-0.1, -0.05) is 23.7 Å². The smallest absolute Gasteiger partial charge is 0.249 e. The van der Waals surface area contributed by atoms with Crippen LogP contribution in [0.25, 0.3) is 11.5 Å². The highest BCUT2D eigenvalue weighted by atomic mass is 35.5. The SMILES string of the molecule is OC1CN(Cc2nnc(-c3ccccc3Cl)o2)C1. The van der Waals surface area contributed by atoms with Gasteiger partial charge in [-0.25, -0.2) is 0 Å². The Labute approximate surface area is 109 Å². The number of halogens is 1. The number of aliphatic hydroxyl groups is 1. The van der Waals surface area contributed by atoms with E-state index in [4.69, 9.17) is 16.0 Å². The highest BCUT2D eigenvalue weighted by molar-refractivity contribution is 6.33. The fraction of sp³-hybridized carbons (Fsp3) is 0.333. The van der Waals surface area contributed by atoms with Gasteiger partial charge in [0.15, 0.2) is 0 Å². The Morgan fingerprint density at radius 3 is 2.83 bits per heavy atom. The maximum absolute atomic E-state index is 9.19. The van der Waals surface area contributed by atoms with Gasteiger partial charge in [0.2, 0.25) is 11.8 Å². The maximum atomic E-state index is 9.19. The van der Waals surface area contributed by atoms with Crippen LogP contribution in [0.1, 0.15) is 5.89 Å². The lowest BCUT2D eigenvalue weighted by atomic mass is 10.2. The van der Waals surface area contributed by atoms with Crippen molar-refractivity contribution in [1.82, 2.24) is 15.1 Å². The number of aliphatic hydroxyl groups excluding tert-OH is 1. The van der Waals surface area contributed by atoms with Gasteiger partial charge in [0.1, 0.15) is 0 Å². The standard InChI is InChI=1S/C12H12ClN3O2/c13-10-4-2-1-3-9(10)12-15-14-11(18-12)7-16-5-8(17)6-16/h1-4,8,17H,5-7H2. The molecule has 6 heteroatoms. The first-order valence-electron chi connectivity index (χ1n) is 5.70. The molecule has 0 amide bonds. The molecule has 18 heavy (non-hydrogen) atoms. The summed E-state index contributed by atoms with van der Waals surface area (Å²) in [7, 11) is 0. The van der Waals surface area contributed by atoms with Gasteiger partial charge < -0.3 is 9.52 Å². The molecule has 0 unspecified atom stereocenters. The summed E-state index contributed by atoms with van der Waals surface area (Å²) in [5.41, 5.74) is 0.738. The van der Waals surface area contributed by atoms with Gasteiger partial charge in [-0.2, -0.15) is 0 Å². The monoisotopic (exact) mass is 265 g/mol. The van der Waals surface area contributed by atoms with Crippen LogP contribution in [0.4, 0.5) is 0 Å². The maximum Gasteiger partial charge on any atom is 0.249 e. The molecule has 1 aliphatic rings. The molecule has 0 saturated carbocycles. The number of rotatable bonds is 3. The van der Waals surface area contributed by atoms with Gasteiger partial charge in [-0.3, -0.25) is 4.90 Å². The molecule has 94 valence electrons. The van der Waals surface area contributed by atoms with Gasteiger partial charge in [0.25, 0.3) is 0 Å². The zero-order valence-electron chi connectivity index (χ0n) is 9.58. The predicted octanol–water partition coefficient (Wildman–Crippen LogP) is 1.57. The van der Waals surface area contributed by atoms with Crippen LogP contribution < -0.4 is 0 Å². The number of hydrogen-bond acceptors (Lipinski definition) is 5. The molecule has 1 N–H and O–H groups in total. The molecule has 0 aliphatic carbocycles. The minimum Gasteiger partial charge on any atom is -0.419 e. The summed E-state index contributed by atoms with van der Waals surface area (Å²) in [5, 5.41) is 17.7. The summed E-state index contributed by atoms with van der Waals surface area (Å²) < 4.78 is 5.56. The van der Waals surface area contributed by atoms with Crippen LogP contribution in [0.5, 0.6) is 0 Å². The number of benzene rings is 1. The fourth-order valence-corrected chi connectivity index (χ4v) is 2.14. The molecule has 5 nitrogen and oxygen atoms in total. The lowest BCUT2D eigenvalue weighted by Gasteiger charge is -2.34. The van der Waals surface area contributed by atoms with E-state index in [0.717, 1.165) is 5.56 Å². The normalized spacial score (nSPS) is 16.8. The van der Waals surface area contributed by atoms with Crippen molar-refractivity contribution in [2.45, 2.75) is 12.6 Å². The third-order valence-corrected chi connectivity index (χ3v) is 3.20. The second-order valence-corrected chi connectivity index (χ2v) is 4.74. The van der Waals surface area contributed by atoms with Crippen molar-refractivity contribution in [2.24, 2.45) is 0 Å². The Kier molecular flexibility index (Phi) is 3.03. The molecule has 2 aromatic rings. The molecule has 1 aromatic carbocycles. The Morgan fingerprint density at radius 1 is 1.33 bits per heavy atom. The molecule has 0 spiro atoms. The lowest BCUT2D eigenvalue weighted by Crippen LogP contribution is -2.49. The molecule has 1 aromatic heterocycles. The number of aromatic nitrogens is 2. The van der Waals surface area contributed by atoms with E-state index in [0.29, 0.717) is 36.4 Å². The van der Waals surface area contributed by atoms with Crippen molar-refractivity contribution >= 4 is 11.6 Å². The zero-order valence-corrected chi connectivity index (χ0v) is 10.3. The first-order chi connectivity index (χ1) is 8.72. The van der Waals surface area contributed by atoms with Crippen LogP contribution in [-0.2, 0) is 6.54 Å². The van der Waals surface area contributed by atoms with Crippen LogP contribution in [0.15, 0.2) is 28.7 Å². The topological polar surface area (TPSA) is 62.4 Å². The Bertz CT molecular complexity index is 552. The number of β-amino-alcohol motifs (C(OH)–C–C–N with tert-alkyl or cyclic N) is 1. The summed E-state index contributed by atoms with van der Waals surface area (Å²) in [5.74, 6) is 0.966. The first kappa shape index (κ1) is 11.6. The molecule has 0 bridgehead atoms. The van der Waals surface area contributed by atoms with E-state index in [1.807, 2.05) is 23.1 Å². The first-order valence-corrected chi connectivity index (χ1v) is 6.08. The molecule has 0 radical (unpaired) electrons. The third-order valence-electron chi connectivity index (χ3n) is 2.87. The second-order valence-electron chi connectivity index (χ2n) is 4.33. The summed E-state index contributed by atoms with van der Waals surface area (Å²) in [6.45, 7) is 1.88. The van der Waals surface area contributed by atoms with Crippen LogP contribution in [0.2, 0.25) is 5.02 Å². The average molecular weight is 266 g/mol. The summed E-state index contributed by atoms with van der Waals surface area (Å²) >= 11 is 6.06. The Balaban J connectivity index is 1.75. The van der Waals surface area contributed by atoms with Crippen molar-refractivity contribution in [1.29, 1.82) is 0 Å². The van der Waals surface area contributed by atoms with Gasteiger partial charge in [-0.05, 0) is 12.1 Å². The van der Waals surface area contributed by atoms with Crippen molar-refractivity contribution in [3.05, 3.63) is 35.2 Å². The largest absolute Gasteiger partial charge is 0.419 e. The molecule has 3 rings (SSSR count). The minimum absolute atomic E-state index is 0.226. The van der Waals surface area contributed by atoms with E-state index in [2.05, 4.69) is 10.2 Å². The molecule has 1 saturated heterocycles. The summed E-state index contributed by atoms with van der Waals surface area (Å²) in [4.78, 5) is 2.04. The zero-order chi connectivity index (χ0) is 12.5. The van der Waals surface area contributed by atoms with E-state index >= 15 is 0 Å². The number of hydrogen-bond donors (Lipinski definition) is 1. The van der Waals surface area contributed by atoms with Crippen molar-refractivity contribution in [2.75, 3.05) is 13.1 Å². The van der Waals surface area contributed by atoms with Crippen LogP contribution in [0, 0.1) is 0 Å². The minimum atomic E-state index is -0.226. The van der Waals surface area contributed by atoms with E-state index in [-0.39, 0.29) is 6.10 Å². The molecular weight excluding hydrogens is 254 g/mol. The number of likely N-dealkylation sites (tertiary alicyclic amines) is 1. The van der Waals surface area contributed by atoms with Crippen molar-refractivity contribution in [3.8, 4) is 11.5 Å². The van der Waals surface area contributed by atoms with E-state index in [1.165, 1.54) is 0 Å². The highest BCUT2D eigenvalue weighted by Crippen LogP contribution is 2.26. The van der Waals surface area contributed by atoms with E-state index < -0.39 is 0 Å². The molecule has 2 heterocycles. The van der Waals surface area contributed by atoms with E-state index in [1.54, 1.807) is 6.07 Å². The highest BCUT2D eigenvalue weighted by Gasteiger charge is 2.26. The summed E-state index contributed by atoms with van der Waals surface area (Å²) in [6, 6.07) is 7.35. The Hall–Kier alpha value is -1.43. The van der Waals surface area contributed by atoms with Crippen LogP contribution in [0.3, 0.4) is 0 Å². The average Bonchev–Trinajstić information content (AvgIpc) is 2.76. The third kappa shape index (κ3) is 2.25. The van der Waals surface area contributed by atoms with Gasteiger partial charge >= 0.3 is 0 Å². The van der Waals surface area contributed by atoms with E-state index in [9.17, 15) is 5.11 Å². The van der Waals surface area contributed by atoms with Crippen molar-refractivity contribution in [3.63, 3.8) is 0 Å². The molecular formula is C12H12ClN3O2. The molecule has 0 atom stereocenters. The Morgan fingerprint density at radius 2 is 2.11 bits per heavy atom. The van der Waals surface area contributed by atoms with Gasteiger partial charge in [0.05, 0.1) is 23.2 Å². The quantitative estimate of drug-likeness (QED) is 0.913.